The molecule has 8 nitrogen and oxygen atoms in total. The first kappa shape index (κ1) is 19.0. The van der Waals surface area contributed by atoms with Crippen molar-refractivity contribution in [2.24, 2.45) is 5.92 Å². The number of nitrogens with one attached hydrogen (secondary N) is 2. The molecule has 7 atom stereocenters. The molecule has 1 aliphatic carbocycles. The first-order chi connectivity index (χ1) is 12.9. The van der Waals surface area contributed by atoms with E-state index >= 15 is 0 Å². The Kier molecular flexibility index (Phi) is 5.35. The second-order valence-corrected chi connectivity index (χ2v) is 8.41. The van der Waals surface area contributed by atoms with Crippen LogP contribution in [0.15, 0.2) is 12.4 Å². The maximum atomic E-state index is 10.1. The van der Waals surface area contributed by atoms with Crippen molar-refractivity contribution in [3.05, 3.63) is 18.1 Å². The average molecular weight is 377 g/mol. The molecule has 4 rings (SSSR count). The quantitative estimate of drug-likeness (QED) is 0.602. The normalized spacial score (nSPS) is 39.2. The molecule has 8 heteroatoms. The molecule has 0 bridgehead atoms. The van der Waals surface area contributed by atoms with Crippen LogP contribution < -0.4 is 15.8 Å². The molecular weight excluding hydrogens is 346 g/mol. The number of rotatable bonds is 4. The number of fused-ring (bicyclic) bond motifs is 1. The van der Waals surface area contributed by atoms with Crippen molar-refractivity contribution in [2.75, 3.05) is 11.4 Å². The highest BCUT2D eigenvalue weighted by Crippen LogP contribution is 2.39. The maximum Gasteiger partial charge on any atom is 0.132 e. The van der Waals surface area contributed by atoms with Crippen molar-refractivity contribution in [2.45, 2.75) is 82.6 Å². The standard InChI is InChI=1S/C19H31N5O3/c1-10(2)27-12-4-5-14-13(6-12)18(23-22-14)15-7-17(21-9-20-15)24-8-16(25)19(26)11(24)3/h7,9-14,16,18-19,22-23,25-26H,4-6,8H2,1-3H3/t11-,12?,13?,14?,16-,18?,19-/m0/s1. The van der Waals surface area contributed by atoms with Crippen LogP contribution in [0.5, 0.6) is 0 Å². The summed E-state index contributed by atoms with van der Waals surface area (Å²) in [5.41, 5.74) is 7.79. The molecule has 0 radical (unpaired) electrons. The van der Waals surface area contributed by atoms with Gasteiger partial charge in [-0.1, -0.05) is 0 Å². The summed E-state index contributed by atoms with van der Waals surface area (Å²) in [5.74, 6) is 1.16. The number of hydrogen-bond donors (Lipinski definition) is 4. The van der Waals surface area contributed by atoms with Gasteiger partial charge in [0.05, 0.1) is 36.1 Å². The smallest absolute Gasteiger partial charge is 0.132 e. The molecule has 0 spiro atoms. The van der Waals surface area contributed by atoms with Gasteiger partial charge in [-0.25, -0.2) is 15.4 Å². The van der Waals surface area contributed by atoms with Crippen molar-refractivity contribution in [3.8, 4) is 0 Å². The lowest BCUT2D eigenvalue weighted by Gasteiger charge is -2.34. The molecule has 4 unspecified atom stereocenters. The van der Waals surface area contributed by atoms with Gasteiger partial charge in [0.1, 0.15) is 18.2 Å². The van der Waals surface area contributed by atoms with E-state index in [2.05, 4.69) is 34.7 Å². The van der Waals surface area contributed by atoms with E-state index in [9.17, 15) is 10.2 Å². The van der Waals surface area contributed by atoms with Gasteiger partial charge in [-0.15, -0.1) is 0 Å². The van der Waals surface area contributed by atoms with Crippen LogP contribution in [0, 0.1) is 5.92 Å². The second kappa shape index (κ2) is 7.60. The molecule has 1 saturated carbocycles. The summed E-state index contributed by atoms with van der Waals surface area (Å²) in [4.78, 5) is 10.9. The highest BCUT2D eigenvalue weighted by molar-refractivity contribution is 5.43. The van der Waals surface area contributed by atoms with Crippen molar-refractivity contribution >= 4 is 5.82 Å². The molecule has 2 saturated heterocycles. The Labute approximate surface area is 160 Å². The Hall–Kier alpha value is -1.32. The Balaban J connectivity index is 1.52. The van der Waals surface area contributed by atoms with Gasteiger partial charge in [-0.3, -0.25) is 5.43 Å². The number of anilines is 1. The van der Waals surface area contributed by atoms with Gasteiger partial charge in [0, 0.05) is 24.6 Å². The zero-order valence-electron chi connectivity index (χ0n) is 16.2. The first-order valence-electron chi connectivity index (χ1n) is 10.0. The molecule has 4 N–H and O–H groups in total. The van der Waals surface area contributed by atoms with Gasteiger partial charge in [0.25, 0.3) is 0 Å². The highest BCUT2D eigenvalue weighted by Gasteiger charge is 2.43. The van der Waals surface area contributed by atoms with Crippen LogP contribution in [0.25, 0.3) is 0 Å². The van der Waals surface area contributed by atoms with E-state index in [-0.39, 0.29) is 18.2 Å². The summed E-state index contributed by atoms with van der Waals surface area (Å²) in [5, 5.41) is 20.0. The molecule has 3 heterocycles. The Bertz CT molecular complexity index is 660. The van der Waals surface area contributed by atoms with Gasteiger partial charge >= 0.3 is 0 Å². The number of β-amino-alcohol motifs (C(OH)–C–C–N with tert-alkyl or cyclic N) is 1. The lowest BCUT2D eigenvalue weighted by Crippen LogP contribution is -2.38. The molecule has 1 aromatic rings. The zero-order valence-corrected chi connectivity index (χ0v) is 16.2. The van der Waals surface area contributed by atoms with E-state index in [4.69, 9.17) is 4.74 Å². The van der Waals surface area contributed by atoms with Gasteiger partial charge in [-0.05, 0) is 40.0 Å². The van der Waals surface area contributed by atoms with Crippen LogP contribution in [0.1, 0.15) is 51.8 Å². The molecule has 27 heavy (non-hydrogen) atoms. The molecule has 0 amide bonds. The van der Waals surface area contributed by atoms with Crippen LogP contribution >= 0.6 is 0 Å². The fourth-order valence-corrected chi connectivity index (χ4v) is 4.79. The summed E-state index contributed by atoms with van der Waals surface area (Å²) in [6.07, 6.45) is 3.78. The molecular formula is C19H31N5O3. The van der Waals surface area contributed by atoms with E-state index in [1.165, 1.54) is 0 Å². The highest BCUT2D eigenvalue weighted by atomic mass is 16.5. The van der Waals surface area contributed by atoms with Gasteiger partial charge in [-0.2, -0.15) is 0 Å². The van der Waals surface area contributed by atoms with Crippen molar-refractivity contribution in [1.29, 1.82) is 0 Å². The molecule has 1 aromatic heterocycles. The van der Waals surface area contributed by atoms with Crippen LogP contribution in [-0.4, -0.2) is 63.2 Å². The predicted molar refractivity (Wildman–Crippen MR) is 101 cm³/mol. The molecule has 3 fully saturated rings. The Morgan fingerprint density at radius 1 is 1.22 bits per heavy atom. The van der Waals surface area contributed by atoms with Crippen molar-refractivity contribution in [3.63, 3.8) is 0 Å². The third-order valence-corrected chi connectivity index (χ3v) is 6.22. The number of aromatic nitrogens is 2. The van der Waals surface area contributed by atoms with E-state index in [0.717, 1.165) is 30.8 Å². The maximum absolute atomic E-state index is 10.1. The number of aliphatic hydroxyl groups excluding tert-OH is 2. The largest absolute Gasteiger partial charge is 0.388 e. The van der Waals surface area contributed by atoms with Gasteiger partial charge < -0.3 is 19.8 Å². The summed E-state index contributed by atoms with van der Waals surface area (Å²) < 4.78 is 6.07. The lowest BCUT2D eigenvalue weighted by atomic mass is 9.79. The van der Waals surface area contributed by atoms with Crippen LogP contribution in [0.3, 0.4) is 0 Å². The molecule has 0 aromatic carbocycles. The van der Waals surface area contributed by atoms with Gasteiger partial charge in [0.15, 0.2) is 0 Å². The van der Waals surface area contributed by atoms with E-state index in [1.807, 2.05) is 17.9 Å². The lowest BCUT2D eigenvalue weighted by molar-refractivity contribution is -0.0276. The molecule has 2 aliphatic heterocycles. The number of hydrazine groups is 1. The summed E-state index contributed by atoms with van der Waals surface area (Å²) in [6.45, 7) is 6.46. The Morgan fingerprint density at radius 2 is 2.04 bits per heavy atom. The van der Waals surface area contributed by atoms with Crippen LogP contribution in [0.2, 0.25) is 0 Å². The summed E-state index contributed by atoms with van der Waals surface area (Å²) >= 11 is 0. The average Bonchev–Trinajstić information content (AvgIpc) is 3.17. The second-order valence-electron chi connectivity index (χ2n) is 8.41. The minimum absolute atomic E-state index is 0.100. The summed E-state index contributed by atoms with van der Waals surface area (Å²) in [6, 6.07) is 2.33. The third kappa shape index (κ3) is 3.69. The number of ether oxygens (including phenoxy) is 1. The van der Waals surface area contributed by atoms with E-state index in [0.29, 0.717) is 24.6 Å². The monoisotopic (exact) mass is 377 g/mol. The fraction of sp³-hybridized carbons (Fsp3) is 0.789. The number of hydrogen-bond acceptors (Lipinski definition) is 8. The fourth-order valence-electron chi connectivity index (χ4n) is 4.79. The van der Waals surface area contributed by atoms with Crippen LogP contribution in [0.4, 0.5) is 5.82 Å². The first-order valence-corrected chi connectivity index (χ1v) is 10.0. The summed E-state index contributed by atoms with van der Waals surface area (Å²) in [7, 11) is 0. The topological polar surface area (TPSA) is 103 Å². The SMILES string of the molecule is CC(C)OC1CCC2NNC(c3cc(N4C[C@H](O)[C@@H](O)[C@@H]4C)ncn3)C2C1. The minimum atomic E-state index is -0.758. The molecule has 3 aliphatic rings. The number of nitrogens with zero attached hydrogens (tertiary/aromatic N) is 3. The van der Waals surface area contributed by atoms with Crippen LogP contribution in [-0.2, 0) is 4.74 Å². The van der Waals surface area contributed by atoms with Crippen molar-refractivity contribution in [1.82, 2.24) is 20.8 Å². The van der Waals surface area contributed by atoms with Crippen molar-refractivity contribution < 1.29 is 14.9 Å². The number of aliphatic hydroxyl groups is 2. The zero-order chi connectivity index (χ0) is 19.1. The predicted octanol–water partition coefficient (Wildman–Crippen LogP) is 0.518. The van der Waals surface area contributed by atoms with E-state index in [1.54, 1.807) is 6.33 Å². The minimum Gasteiger partial charge on any atom is -0.388 e. The van der Waals surface area contributed by atoms with Gasteiger partial charge in [0.2, 0.25) is 0 Å². The third-order valence-electron chi connectivity index (χ3n) is 6.22. The molecule has 150 valence electrons. The Morgan fingerprint density at radius 3 is 2.74 bits per heavy atom. The van der Waals surface area contributed by atoms with E-state index < -0.39 is 12.2 Å².